The number of rotatable bonds is 3. The molecule has 0 aromatic heterocycles. The molecule has 2 N–H and O–H groups in total. The highest BCUT2D eigenvalue weighted by Crippen LogP contribution is 2.28. The van der Waals surface area contributed by atoms with Gasteiger partial charge in [-0.3, -0.25) is 0 Å². The van der Waals surface area contributed by atoms with Gasteiger partial charge >= 0.3 is 0 Å². The molecule has 2 rings (SSSR count). The Kier molecular flexibility index (Phi) is 4.31. The number of ether oxygens (including phenoxy) is 1. The minimum Gasteiger partial charge on any atom is -0.389 e. The van der Waals surface area contributed by atoms with Crippen molar-refractivity contribution in [2.75, 3.05) is 25.1 Å². The lowest BCUT2D eigenvalue weighted by atomic mass is 10.1. The van der Waals surface area contributed by atoms with Crippen molar-refractivity contribution < 1.29 is 13.5 Å². The summed E-state index contributed by atoms with van der Waals surface area (Å²) < 4.78 is 33.3. The van der Waals surface area contributed by atoms with Crippen molar-refractivity contribution in [2.45, 2.75) is 18.9 Å². The minimum absolute atomic E-state index is 0.00504. The van der Waals surface area contributed by atoms with Crippen molar-refractivity contribution in [3.05, 3.63) is 29.3 Å². The third-order valence-electron chi connectivity index (χ3n) is 3.39. The first-order valence-electron chi connectivity index (χ1n) is 6.09. The zero-order valence-electron chi connectivity index (χ0n) is 10.7. The first-order chi connectivity index (χ1) is 9.02. The van der Waals surface area contributed by atoms with Crippen molar-refractivity contribution in [3.8, 4) is 0 Å². The summed E-state index contributed by atoms with van der Waals surface area (Å²) in [7, 11) is 1.65. The van der Waals surface area contributed by atoms with Crippen LogP contribution in [0.3, 0.4) is 0 Å². The molecular weight excluding hydrogens is 270 g/mol. The predicted molar refractivity (Wildman–Crippen MR) is 74.5 cm³/mol. The van der Waals surface area contributed by atoms with Crippen molar-refractivity contribution in [1.29, 1.82) is 0 Å². The number of anilines is 1. The standard InChI is InChI=1S/C13H16F2N2OS/c1-18-9-2-4-17(5-3-9)12-10(14)6-8(13(16)19)7-11(12)15/h6-7,9H,2-5H2,1H3,(H2,16,19). The van der Waals surface area contributed by atoms with E-state index in [1.807, 2.05) is 0 Å². The van der Waals surface area contributed by atoms with Crippen LogP contribution >= 0.6 is 12.2 Å². The summed E-state index contributed by atoms with van der Waals surface area (Å²) in [6.45, 7) is 1.14. The lowest BCUT2D eigenvalue weighted by Gasteiger charge is -2.33. The van der Waals surface area contributed by atoms with Gasteiger partial charge in [-0.05, 0) is 25.0 Å². The molecule has 3 nitrogen and oxygen atoms in total. The Morgan fingerprint density at radius 3 is 2.26 bits per heavy atom. The second kappa shape index (κ2) is 5.79. The Morgan fingerprint density at radius 2 is 1.84 bits per heavy atom. The van der Waals surface area contributed by atoms with Crippen molar-refractivity contribution in [3.63, 3.8) is 0 Å². The van der Waals surface area contributed by atoms with E-state index in [1.54, 1.807) is 12.0 Å². The maximum atomic E-state index is 14.0. The van der Waals surface area contributed by atoms with Gasteiger partial charge in [0.15, 0.2) is 0 Å². The Balaban J connectivity index is 2.24. The van der Waals surface area contributed by atoms with E-state index in [1.165, 1.54) is 12.1 Å². The molecule has 1 aliphatic rings. The third-order valence-corrected chi connectivity index (χ3v) is 3.63. The monoisotopic (exact) mass is 286 g/mol. The summed E-state index contributed by atoms with van der Waals surface area (Å²) in [5, 5.41) is 0. The quantitative estimate of drug-likeness (QED) is 0.865. The van der Waals surface area contributed by atoms with E-state index in [0.717, 1.165) is 12.8 Å². The van der Waals surface area contributed by atoms with Crippen molar-refractivity contribution >= 4 is 22.9 Å². The van der Waals surface area contributed by atoms with Gasteiger partial charge < -0.3 is 15.4 Å². The zero-order chi connectivity index (χ0) is 14.0. The second-order valence-corrected chi connectivity index (χ2v) is 5.01. The number of nitrogens with two attached hydrogens (primary N) is 1. The van der Waals surface area contributed by atoms with E-state index < -0.39 is 11.6 Å². The van der Waals surface area contributed by atoms with Crippen LogP contribution in [0.1, 0.15) is 18.4 Å². The maximum Gasteiger partial charge on any atom is 0.150 e. The van der Waals surface area contributed by atoms with Crippen LogP contribution in [0, 0.1) is 11.6 Å². The summed E-state index contributed by atoms with van der Waals surface area (Å²) in [6, 6.07) is 2.37. The van der Waals surface area contributed by atoms with E-state index in [0.29, 0.717) is 13.1 Å². The number of hydrogen-bond acceptors (Lipinski definition) is 3. The summed E-state index contributed by atoms with van der Waals surface area (Å²) in [5.74, 6) is -1.25. The van der Waals surface area contributed by atoms with Crippen LogP contribution in [0.15, 0.2) is 12.1 Å². The van der Waals surface area contributed by atoms with Crippen LogP contribution in [0.2, 0.25) is 0 Å². The second-order valence-electron chi connectivity index (χ2n) is 4.57. The molecule has 0 atom stereocenters. The Labute approximate surface area is 116 Å². The molecular formula is C13H16F2N2OS. The van der Waals surface area contributed by atoms with E-state index in [4.69, 9.17) is 22.7 Å². The fourth-order valence-electron chi connectivity index (χ4n) is 2.32. The fourth-order valence-corrected chi connectivity index (χ4v) is 2.44. The van der Waals surface area contributed by atoms with Gasteiger partial charge in [0.1, 0.15) is 22.3 Å². The summed E-state index contributed by atoms with van der Waals surface area (Å²) in [4.78, 5) is 1.69. The third kappa shape index (κ3) is 3.01. The lowest BCUT2D eigenvalue weighted by Crippen LogP contribution is -2.37. The van der Waals surface area contributed by atoms with Crippen molar-refractivity contribution in [1.82, 2.24) is 0 Å². The molecule has 1 aromatic rings. The zero-order valence-corrected chi connectivity index (χ0v) is 11.5. The van der Waals surface area contributed by atoms with E-state index in [-0.39, 0.29) is 22.3 Å². The molecule has 0 radical (unpaired) electrons. The van der Waals surface area contributed by atoms with Crippen LogP contribution in [0.4, 0.5) is 14.5 Å². The molecule has 104 valence electrons. The first-order valence-corrected chi connectivity index (χ1v) is 6.50. The van der Waals surface area contributed by atoms with Gasteiger partial charge in [-0.15, -0.1) is 0 Å². The summed E-state index contributed by atoms with van der Waals surface area (Å²) in [5.41, 5.74) is 5.59. The number of methoxy groups -OCH3 is 1. The number of piperidine rings is 1. The van der Waals surface area contributed by atoms with Gasteiger partial charge in [-0.25, -0.2) is 8.78 Å². The molecule has 0 aliphatic carbocycles. The predicted octanol–water partition coefficient (Wildman–Crippen LogP) is 2.21. The van der Waals surface area contributed by atoms with E-state index in [2.05, 4.69) is 0 Å². The molecule has 0 amide bonds. The van der Waals surface area contributed by atoms with Gasteiger partial charge in [-0.1, -0.05) is 12.2 Å². The van der Waals surface area contributed by atoms with Crippen molar-refractivity contribution in [2.24, 2.45) is 5.73 Å². The van der Waals surface area contributed by atoms with Crippen LogP contribution < -0.4 is 10.6 Å². The lowest BCUT2D eigenvalue weighted by molar-refractivity contribution is 0.0817. The molecule has 19 heavy (non-hydrogen) atoms. The molecule has 6 heteroatoms. The number of thiocarbonyl (C=S) groups is 1. The van der Waals surface area contributed by atoms with Gasteiger partial charge in [0, 0.05) is 25.8 Å². The van der Waals surface area contributed by atoms with Gasteiger partial charge in [-0.2, -0.15) is 0 Å². The average Bonchev–Trinajstić information content (AvgIpc) is 2.38. The molecule has 1 fully saturated rings. The molecule has 1 aromatic carbocycles. The van der Waals surface area contributed by atoms with E-state index >= 15 is 0 Å². The number of hydrogen-bond donors (Lipinski definition) is 1. The number of nitrogens with zero attached hydrogens (tertiary/aromatic N) is 1. The SMILES string of the molecule is COC1CCN(c2c(F)cc(C(N)=S)cc2F)CC1. The van der Waals surface area contributed by atoms with Crippen LogP contribution in [0.25, 0.3) is 0 Å². The molecule has 0 spiro atoms. The summed E-state index contributed by atoms with van der Waals surface area (Å²) in [6.07, 6.45) is 1.68. The highest BCUT2D eigenvalue weighted by Gasteiger charge is 2.24. The first kappa shape index (κ1) is 14.1. The molecule has 0 bridgehead atoms. The van der Waals surface area contributed by atoms with Crippen LogP contribution in [-0.2, 0) is 4.74 Å². The molecule has 1 saturated heterocycles. The minimum atomic E-state index is -0.626. The Morgan fingerprint density at radius 1 is 1.32 bits per heavy atom. The molecule has 0 unspecified atom stereocenters. The number of halogens is 2. The smallest absolute Gasteiger partial charge is 0.150 e. The largest absolute Gasteiger partial charge is 0.389 e. The average molecular weight is 286 g/mol. The van der Waals surface area contributed by atoms with Gasteiger partial charge in [0.05, 0.1) is 6.10 Å². The highest BCUT2D eigenvalue weighted by molar-refractivity contribution is 7.80. The Hall–Kier alpha value is -1.27. The molecule has 1 heterocycles. The van der Waals surface area contributed by atoms with Crippen LogP contribution in [-0.4, -0.2) is 31.3 Å². The normalized spacial score (nSPS) is 16.7. The molecule has 1 aliphatic heterocycles. The van der Waals surface area contributed by atoms with Gasteiger partial charge in [0.2, 0.25) is 0 Å². The topological polar surface area (TPSA) is 38.5 Å². The Bertz CT molecular complexity index is 465. The van der Waals surface area contributed by atoms with E-state index in [9.17, 15) is 8.78 Å². The van der Waals surface area contributed by atoms with Crippen LogP contribution in [0.5, 0.6) is 0 Å². The van der Waals surface area contributed by atoms with Gasteiger partial charge in [0.25, 0.3) is 0 Å². The maximum absolute atomic E-state index is 14.0. The molecule has 0 saturated carbocycles. The summed E-state index contributed by atoms with van der Waals surface area (Å²) >= 11 is 4.73. The highest BCUT2D eigenvalue weighted by atomic mass is 32.1. The fraction of sp³-hybridized carbons (Fsp3) is 0.462. The number of benzene rings is 1.